The van der Waals surface area contributed by atoms with Crippen molar-refractivity contribution < 1.29 is 27.5 Å². The summed E-state index contributed by atoms with van der Waals surface area (Å²) >= 11 is 0. The summed E-state index contributed by atoms with van der Waals surface area (Å²) in [7, 11) is 1.11. The van der Waals surface area contributed by atoms with Crippen LogP contribution in [0.1, 0.15) is 16.9 Å². The molecule has 0 spiro atoms. The molecule has 0 atom stereocenters. The van der Waals surface area contributed by atoms with Crippen molar-refractivity contribution >= 4 is 17.6 Å². The van der Waals surface area contributed by atoms with E-state index in [4.69, 9.17) is 5.73 Å². The number of nitrogens with two attached hydrogens (primary N) is 1. The number of rotatable bonds is 5. The van der Waals surface area contributed by atoms with Gasteiger partial charge in [0.25, 0.3) is 5.91 Å². The molecule has 0 radical (unpaired) electrons. The molecule has 0 unspecified atom stereocenters. The lowest BCUT2D eigenvalue weighted by atomic mass is 10.2. The van der Waals surface area contributed by atoms with E-state index in [2.05, 4.69) is 9.72 Å². The second-order valence-electron chi connectivity index (χ2n) is 4.14. The largest absolute Gasteiger partial charge is 0.469 e. The average Bonchev–Trinajstić information content (AvgIpc) is 2.42. The monoisotopic (exact) mass is 305 g/mol. The maximum Gasteiger partial charge on any atom is 0.406 e. The summed E-state index contributed by atoms with van der Waals surface area (Å²) in [6, 6.07) is 2.57. The van der Waals surface area contributed by atoms with E-state index in [1.165, 1.54) is 18.3 Å². The Hall–Kier alpha value is -2.32. The number of esters is 1. The van der Waals surface area contributed by atoms with Crippen molar-refractivity contribution in [3.05, 3.63) is 24.0 Å². The van der Waals surface area contributed by atoms with Crippen LogP contribution in [0.3, 0.4) is 0 Å². The average molecular weight is 305 g/mol. The molecule has 1 amide bonds. The van der Waals surface area contributed by atoms with E-state index in [1.807, 2.05) is 0 Å². The van der Waals surface area contributed by atoms with E-state index in [0.29, 0.717) is 4.90 Å². The second kappa shape index (κ2) is 6.91. The Labute approximate surface area is 118 Å². The summed E-state index contributed by atoms with van der Waals surface area (Å²) in [5.74, 6) is -1.64. The van der Waals surface area contributed by atoms with Gasteiger partial charge in [-0.15, -0.1) is 0 Å². The van der Waals surface area contributed by atoms with Crippen LogP contribution in [0.2, 0.25) is 0 Å². The van der Waals surface area contributed by atoms with E-state index >= 15 is 0 Å². The number of carbonyl (C=O) groups is 2. The van der Waals surface area contributed by atoms with Crippen molar-refractivity contribution in [3.63, 3.8) is 0 Å². The third-order valence-corrected chi connectivity index (χ3v) is 2.48. The number of hydrogen-bond donors (Lipinski definition) is 1. The van der Waals surface area contributed by atoms with Gasteiger partial charge in [-0.05, 0) is 12.1 Å². The molecule has 1 heterocycles. The predicted octanol–water partition coefficient (Wildman–Crippen LogP) is 1.23. The molecular weight excluding hydrogens is 291 g/mol. The number of alkyl halides is 3. The number of anilines is 1. The molecule has 0 saturated heterocycles. The minimum Gasteiger partial charge on any atom is -0.469 e. The molecular formula is C12H14F3N3O3. The van der Waals surface area contributed by atoms with Crippen molar-refractivity contribution in [2.75, 3.05) is 25.9 Å². The summed E-state index contributed by atoms with van der Waals surface area (Å²) < 4.78 is 41.8. The summed E-state index contributed by atoms with van der Waals surface area (Å²) in [5, 5.41) is 0. The normalized spacial score (nSPS) is 11.0. The first kappa shape index (κ1) is 16.7. The zero-order valence-corrected chi connectivity index (χ0v) is 11.2. The SMILES string of the molecule is COC(=O)CCN(CC(F)(F)F)C(=O)c1ccc(N)cn1. The van der Waals surface area contributed by atoms with E-state index in [9.17, 15) is 22.8 Å². The highest BCUT2D eigenvalue weighted by atomic mass is 19.4. The van der Waals surface area contributed by atoms with Gasteiger partial charge in [-0.1, -0.05) is 0 Å². The number of aromatic nitrogens is 1. The molecule has 0 saturated carbocycles. The topological polar surface area (TPSA) is 85.5 Å². The van der Waals surface area contributed by atoms with Gasteiger partial charge in [-0.2, -0.15) is 13.2 Å². The minimum atomic E-state index is -4.58. The van der Waals surface area contributed by atoms with Crippen LogP contribution in [0.25, 0.3) is 0 Å². The van der Waals surface area contributed by atoms with Crippen LogP contribution in [-0.4, -0.2) is 48.1 Å². The van der Waals surface area contributed by atoms with Crippen LogP contribution in [0.4, 0.5) is 18.9 Å². The van der Waals surface area contributed by atoms with Gasteiger partial charge in [0.1, 0.15) is 12.2 Å². The number of amides is 1. The lowest BCUT2D eigenvalue weighted by molar-refractivity contribution is -0.147. The zero-order valence-electron chi connectivity index (χ0n) is 11.2. The van der Waals surface area contributed by atoms with Gasteiger partial charge in [0.05, 0.1) is 25.4 Å². The molecule has 0 fully saturated rings. The molecule has 1 aromatic rings. The Balaban J connectivity index is 2.86. The van der Waals surface area contributed by atoms with E-state index in [1.54, 1.807) is 0 Å². The number of carbonyl (C=O) groups excluding carboxylic acids is 2. The molecule has 2 N–H and O–H groups in total. The third kappa shape index (κ3) is 5.67. The lowest BCUT2D eigenvalue weighted by Gasteiger charge is -2.23. The van der Waals surface area contributed by atoms with Crippen LogP contribution >= 0.6 is 0 Å². The summed E-state index contributed by atoms with van der Waals surface area (Å²) in [6.45, 7) is -1.90. The summed E-state index contributed by atoms with van der Waals surface area (Å²) in [5.41, 5.74) is 5.49. The van der Waals surface area contributed by atoms with Crippen molar-refractivity contribution in [2.24, 2.45) is 0 Å². The van der Waals surface area contributed by atoms with Gasteiger partial charge in [0.2, 0.25) is 0 Å². The first-order valence-electron chi connectivity index (χ1n) is 5.87. The Morgan fingerprint density at radius 2 is 2.05 bits per heavy atom. The molecule has 116 valence electrons. The van der Waals surface area contributed by atoms with Gasteiger partial charge >= 0.3 is 12.1 Å². The molecule has 0 bridgehead atoms. The number of hydrogen-bond acceptors (Lipinski definition) is 5. The quantitative estimate of drug-likeness (QED) is 0.827. The van der Waals surface area contributed by atoms with Crippen molar-refractivity contribution in [1.82, 2.24) is 9.88 Å². The minimum absolute atomic E-state index is 0.182. The number of ether oxygens (including phenoxy) is 1. The Morgan fingerprint density at radius 1 is 1.38 bits per heavy atom. The van der Waals surface area contributed by atoms with E-state index < -0.39 is 31.1 Å². The van der Waals surface area contributed by atoms with Crippen molar-refractivity contribution in [3.8, 4) is 0 Å². The highest BCUT2D eigenvalue weighted by Crippen LogP contribution is 2.18. The van der Waals surface area contributed by atoms with Crippen LogP contribution < -0.4 is 5.73 Å². The number of nitrogen functional groups attached to an aromatic ring is 1. The molecule has 1 aromatic heterocycles. The summed E-state index contributed by atoms with van der Waals surface area (Å²) in [4.78, 5) is 27.2. The van der Waals surface area contributed by atoms with Gasteiger partial charge in [-0.25, -0.2) is 4.98 Å². The lowest BCUT2D eigenvalue weighted by Crippen LogP contribution is -2.40. The van der Waals surface area contributed by atoms with Crippen LogP contribution in [0, 0.1) is 0 Å². The molecule has 6 nitrogen and oxygen atoms in total. The first-order chi connectivity index (χ1) is 9.73. The maximum absolute atomic E-state index is 12.5. The molecule has 0 aliphatic heterocycles. The highest BCUT2D eigenvalue weighted by Gasteiger charge is 2.33. The molecule has 1 rings (SSSR count). The second-order valence-corrected chi connectivity index (χ2v) is 4.14. The van der Waals surface area contributed by atoms with Gasteiger partial charge in [0, 0.05) is 6.54 Å². The third-order valence-electron chi connectivity index (χ3n) is 2.48. The van der Waals surface area contributed by atoms with Crippen LogP contribution in [-0.2, 0) is 9.53 Å². The van der Waals surface area contributed by atoms with Gasteiger partial charge in [-0.3, -0.25) is 9.59 Å². The maximum atomic E-state index is 12.5. The molecule has 9 heteroatoms. The fraction of sp³-hybridized carbons (Fsp3) is 0.417. The Kier molecular flexibility index (Phi) is 5.51. The molecule has 0 aliphatic rings. The van der Waals surface area contributed by atoms with Crippen molar-refractivity contribution in [1.29, 1.82) is 0 Å². The van der Waals surface area contributed by atoms with Gasteiger partial charge in [0.15, 0.2) is 0 Å². The van der Waals surface area contributed by atoms with E-state index in [0.717, 1.165) is 7.11 Å². The fourth-order valence-electron chi connectivity index (χ4n) is 1.49. The van der Waals surface area contributed by atoms with E-state index in [-0.39, 0.29) is 17.8 Å². The first-order valence-corrected chi connectivity index (χ1v) is 5.87. The molecule has 0 aliphatic carbocycles. The Morgan fingerprint density at radius 3 is 2.52 bits per heavy atom. The predicted molar refractivity (Wildman–Crippen MR) is 67.2 cm³/mol. The number of methoxy groups -OCH3 is 1. The Bertz CT molecular complexity index is 503. The number of nitrogens with zero attached hydrogens (tertiary/aromatic N) is 2. The fourth-order valence-corrected chi connectivity index (χ4v) is 1.49. The number of halogens is 3. The zero-order chi connectivity index (χ0) is 16.0. The van der Waals surface area contributed by atoms with Crippen molar-refractivity contribution in [2.45, 2.75) is 12.6 Å². The number of pyridine rings is 1. The van der Waals surface area contributed by atoms with Crippen LogP contribution in [0.15, 0.2) is 18.3 Å². The smallest absolute Gasteiger partial charge is 0.406 e. The molecule has 21 heavy (non-hydrogen) atoms. The van der Waals surface area contributed by atoms with Gasteiger partial charge < -0.3 is 15.4 Å². The summed E-state index contributed by atoms with van der Waals surface area (Å²) in [6.07, 6.45) is -3.76. The standard InChI is InChI=1S/C12H14F3N3O3/c1-21-10(19)4-5-18(7-12(13,14)15)11(20)9-3-2-8(16)6-17-9/h2-3,6H,4-5,7,16H2,1H3. The van der Waals surface area contributed by atoms with Crippen LogP contribution in [0.5, 0.6) is 0 Å². The molecule has 0 aromatic carbocycles. The highest BCUT2D eigenvalue weighted by molar-refractivity contribution is 5.92.